The molecule has 1 fully saturated rings. The summed E-state index contributed by atoms with van der Waals surface area (Å²) in [5.41, 5.74) is 0. The molecule has 1 aromatic carbocycles. The Labute approximate surface area is 194 Å². The lowest BCUT2D eigenvalue weighted by atomic mass is 10.3. The van der Waals surface area contributed by atoms with Crippen LogP contribution >= 0.6 is 11.8 Å². The first kappa shape index (κ1) is 23.2. The first-order valence-corrected chi connectivity index (χ1v) is 12.6. The lowest BCUT2D eigenvalue weighted by Crippen LogP contribution is -2.51. The second-order valence-electron chi connectivity index (χ2n) is 7.29. The monoisotopic (exact) mass is 491 g/mol. The van der Waals surface area contributed by atoms with E-state index in [9.17, 15) is 17.6 Å². The van der Waals surface area contributed by atoms with E-state index < -0.39 is 15.8 Å². The third-order valence-corrected chi connectivity index (χ3v) is 7.78. The Morgan fingerprint density at radius 2 is 1.94 bits per heavy atom. The highest BCUT2D eigenvalue weighted by Gasteiger charge is 2.31. The maximum atomic E-state index is 13.9. The topological polar surface area (TPSA) is 112 Å². The van der Waals surface area contributed by atoms with Crippen molar-refractivity contribution in [3.8, 4) is 0 Å². The van der Waals surface area contributed by atoms with Gasteiger partial charge in [-0.25, -0.2) is 17.8 Å². The summed E-state index contributed by atoms with van der Waals surface area (Å²) in [6.07, 6.45) is 3.49. The van der Waals surface area contributed by atoms with Gasteiger partial charge < -0.3 is 9.32 Å². The van der Waals surface area contributed by atoms with Crippen LogP contribution in [0.3, 0.4) is 0 Å². The molecule has 1 aliphatic heterocycles. The smallest absolute Gasteiger partial charge is 0.246 e. The number of amides is 1. The van der Waals surface area contributed by atoms with Crippen LogP contribution in [0.5, 0.6) is 0 Å². The van der Waals surface area contributed by atoms with Crippen LogP contribution in [-0.2, 0) is 14.8 Å². The van der Waals surface area contributed by atoms with E-state index in [0.29, 0.717) is 16.7 Å². The highest BCUT2D eigenvalue weighted by atomic mass is 32.2. The number of halogens is 1. The van der Waals surface area contributed by atoms with Crippen molar-refractivity contribution >= 4 is 39.8 Å². The van der Waals surface area contributed by atoms with Gasteiger partial charge in [-0.1, -0.05) is 23.9 Å². The lowest BCUT2D eigenvalue weighted by Gasteiger charge is -2.34. The highest BCUT2D eigenvalue weighted by molar-refractivity contribution is 7.99. The van der Waals surface area contributed by atoms with Crippen molar-refractivity contribution in [1.82, 2.24) is 24.4 Å². The molecule has 3 aromatic rings. The maximum Gasteiger partial charge on any atom is 0.246 e. The first-order valence-electron chi connectivity index (χ1n) is 10.1. The van der Waals surface area contributed by atoms with E-state index in [1.54, 1.807) is 17.1 Å². The molecular formula is C21H22FN5O4S2. The van der Waals surface area contributed by atoms with Gasteiger partial charge in [0.15, 0.2) is 0 Å². The van der Waals surface area contributed by atoms with Gasteiger partial charge >= 0.3 is 0 Å². The molecule has 3 heterocycles. The van der Waals surface area contributed by atoms with Crippen LogP contribution in [-0.4, -0.2) is 70.6 Å². The summed E-state index contributed by atoms with van der Waals surface area (Å²) in [5.74, 6) is 1.24. The number of carbonyl (C=O) groups is 1. The Bertz CT molecular complexity index is 1260. The molecule has 12 heteroatoms. The summed E-state index contributed by atoms with van der Waals surface area (Å²) in [5, 5.41) is 7.31. The molecule has 0 spiro atoms. The third-order valence-electron chi connectivity index (χ3n) is 5.02. The Hall–Kier alpha value is -2.96. The molecule has 0 atom stereocenters. The van der Waals surface area contributed by atoms with Crippen molar-refractivity contribution in [1.29, 1.82) is 0 Å². The SMILES string of the molecule is Cc1ccc(/C=C/c2nc(SCC(=O)N3CCN(S(=O)(=O)c4ccccc4F)CC3)n[nH]2)o1. The van der Waals surface area contributed by atoms with Crippen molar-refractivity contribution in [3.05, 3.63) is 59.6 Å². The van der Waals surface area contributed by atoms with Gasteiger partial charge in [0.05, 0.1) is 5.75 Å². The number of H-pyrrole nitrogens is 1. The van der Waals surface area contributed by atoms with Gasteiger partial charge in [-0.05, 0) is 43.3 Å². The normalized spacial score (nSPS) is 15.4. The zero-order chi connectivity index (χ0) is 23.4. The van der Waals surface area contributed by atoms with E-state index in [4.69, 9.17) is 4.42 Å². The molecule has 9 nitrogen and oxygen atoms in total. The molecule has 0 saturated carbocycles. The Kier molecular flexibility index (Phi) is 6.96. The highest BCUT2D eigenvalue weighted by Crippen LogP contribution is 2.21. The fraction of sp³-hybridized carbons (Fsp3) is 0.286. The van der Waals surface area contributed by atoms with E-state index >= 15 is 0 Å². The number of sulfonamides is 1. The van der Waals surface area contributed by atoms with Crippen LogP contribution < -0.4 is 0 Å². The van der Waals surface area contributed by atoms with Gasteiger partial charge in [-0.15, -0.1) is 5.10 Å². The summed E-state index contributed by atoms with van der Waals surface area (Å²) in [6, 6.07) is 8.99. The average molecular weight is 492 g/mol. The fourth-order valence-electron chi connectivity index (χ4n) is 3.29. The quantitative estimate of drug-likeness (QED) is 0.506. The minimum Gasteiger partial charge on any atom is -0.462 e. The van der Waals surface area contributed by atoms with Crippen molar-refractivity contribution in [2.24, 2.45) is 0 Å². The van der Waals surface area contributed by atoms with Crippen molar-refractivity contribution < 1.29 is 22.0 Å². The number of aromatic nitrogens is 3. The Morgan fingerprint density at radius 1 is 1.18 bits per heavy atom. The number of benzene rings is 1. The molecule has 0 bridgehead atoms. The van der Waals surface area contributed by atoms with Crippen LogP contribution in [0.15, 0.2) is 50.9 Å². The van der Waals surface area contributed by atoms with Crippen LogP contribution in [0.25, 0.3) is 12.2 Å². The van der Waals surface area contributed by atoms with Crippen LogP contribution in [0, 0.1) is 12.7 Å². The minimum atomic E-state index is -3.94. The van der Waals surface area contributed by atoms with Crippen molar-refractivity contribution in [2.45, 2.75) is 17.0 Å². The average Bonchev–Trinajstić information content (AvgIpc) is 3.45. The molecule has 33 heavy (non-hydrogen) atoms. The van der Waals surface area contributed by atoms with E-state index in [1.807, 2.05) is 19.1 Å². The zero-order valence-electron chi connectivity index (χ0n) is 17.8. The van der Waals surface area contributed by atoms with Gasteiger partial charge in [0.25, 0.3) is 0 Å². The predicted molar refractivity (Wildman–Crippen MR) is 121 cm³/mol. The number of rotatable bonds is 7. The summed E-state index contributed by atoms with van der Waals surface area (Å²) in [4.78, 5) is 18.1. The van der Waals surface area contributed by atoms with Gasteiger partial charge in [0, 0.05) is 26.2 Å². The summed E-state index contributed by atoms with van der Waals surface area (Å²) < 4.78 is 46.0. The van der Waals surface area contributed by atoms with Gasteiger partial charge in [-0.2, -0.15) is 4.31 Å². The first-order chi connectivity index (χ1) is 15.8. The molecule has 1 amide bonds. The third kappa shape index (κ3) is 5.52. The maximum absolute atomic E-state index is 13.9. The number of nitrogens with one attached hydrogen (secondary N) is 1. The molecule has 174 valence electrons. The lowest BCUT2D eigenvalue weighted by molar-refractivity contribution is -0.129. The molecule has 1 saturated heterocycles. The second kappa shape index (κ2) is 9.89. The van der Waals surface area contributed by atoms with Gasteiger partial charge in [0.2, 0.25) is 21.1 Å². The molecule has 1 N–H and O–H groups in total. The van der Waals surface area contributed by atoms with E-state index in [2.05, 4.69) is 15.2 Å². The van der Waals surface area contributed by atoms with Gasteiger partial charge in [-0.3, -0.25) is 9.89 Å². The number of thioether (sulfide) groups is 1. The predicted octanol–water partition coefficient (Wildman–Crippen LogP) is 2.64. The number of aryl methyl sites for hydroxylation is 1. The Morgan fingerprint density at radius 3 is 2.64 bits per heavy atom. The zero-order valence-corrected chi connectivity index (χ0v) is 19.4. The number of hydrogen-bond acceptors (Lipinski definition) is 7. The number of aromatic amines is 1. The fourth-order valence-corrected chi connectivity index (χ4v) is 5.49. The van der Waals surface area contributed by atoms with Crippen LogP contribution in [0.2, 0.25) is 0 Å². The van der Waals surface area contributed by atoms with E-state index in [1.165, 1.54) is 34.3 Å². The molecular weight excluding hydrogens is 469 g/mol. The standard InChI is InChI=1S/C21H22FN5O4S2/c1-15-6-7-16(31-15)8-9-19-23-21(25-24-19)32-14-20(28)26-10-12-27(13-11-26)33(29,30)18-5-3-2-4-17(18)22/h2-9H,10-14H2,1H3,(H,23,24,25)/b9-8+. The van der Waals surface area contributed by atoms with Gasteiger partial charge in [0.1, 0.15) is 28.1 Å². The summed E-state index contributed by atoms with van der Waals surface area (Å²) >= 11 is 1.19. The number of hydrogen-bond donors (Lipinski definition) is 1. The number of furan rings is 1. The number of piperazine rings is 1. The van der Waals surface area contributed by atoms with E-state index in [0.717, 1.165) is 11.8 Å². The minimum absolute atomic E-state index is 0.106. The largest absolute Gasteiger partial charge is 0.462 e. The molecule has 4 rings (SSSR count). The van der Waals surface area contributed by atoms with Crippen LogP contribution in [0.4, 0.5) is 4.39 Å². The molecule has 0 radical (unpaired) electrons. The number of carbonyl (C=O) groups excluding carboxylic acids is 1. The second-order valence-corrected chi connectivity index (χ2v) is 10.1. The van der Waals surface area contributed by atoms with E-state index in [-0.39, 0.29) is 42.7 Å². The number of nitrogens with zero attached hydrogens (tertiary/aromatic N) is 4. The van der Waals surface area contributed by atoms with Crippen LogP contribution in [0.1, 0.15) is 17.3 Å². The summed E-state index contributed by atoms with van der Waals surface area (Å²) in [6.45, 7) is 2.54. The van der Waals surface area contributed by atoms with Crippen molar-refractivity contribution in [2.75, 3.05) is 31.9 Å². The molecule has 1 aliphatic rings. The molecule has 2 aromatic heterocycles. The summed E-state index contributed by atoms with van der Waals surface area (Å²) in [7, 11) is -3.94. The molecule has 0 aliphatic carbocycles. The van der Waals surface area contributed by atoms with Crippen molar-refractivity contribution in [3.63, 3.8) is 0 Å². The molecule has 0 unspecified atom stereocenters. The Balaban J connectivity index is 1.27.